The average Bonchev–Trinajstić information content (AvgIpc) is 2.68. The number of benzene rings is 1. The zero-order chi connectivity index (χ0) is 12.3. The highest BCUT2D eigenvalue weighted by Gasteiger charge is 2.22. The maximum atomic E-state index is 12.9. The highest BCUT2D eigenvalue weighted by Crippen LogP contribution is 2.21. The summed E-state index contributed by atoms with van der Waals surface area (Å²) in [5, 5.41) is 3.33. The van der Waals surface area contributed by atoms with Gasteiger partial charge in [0.25, 0.3) is 0 Å². The van der Waals surface area contributed by atoms with Crippen LogP contribution in [0.25, 0.3) is 0 Å². The number of hydrogen-bond donors (Lipinski definition) is 1. The number of rotatable bonds is 4. The molecule has 1 unspecified atom stereocenters. The van der Waals surface area contributed by atoms with Gasteiger partial charge < -0.3 is 5.32 Å². The highest BCUT2D eigenvalue weighted by atomic mass is 19.3. The molecule has 0 bridgehead atoms. The normalized spacial score (nSPS) is 20.8. The third-order valence-corrected chi connectivity index (χ3v) is 3.19. The first kappa shape index (κ1) is 12.5. The Kier molecular flexibility index (Phi) is 3.77. The molecule has 0 amide bonds. The van der Waals surface area contributed by atoms with Crippen LogP contribution in [0.4, 0.5) is 8.78 Å². The fraction of sp³-hybridized carbons (Fsp3) is 0.571. The van der Waals surface area contributed by atoms with Crippen molar-refractivity contribution in [3.63, 3.8) is 0 Å². The quantitative estimate of drug-likeness (QED) is 0.851. The highest BCUT2D eigenvalue weighted by molar-refractivity contribution is 5.25. The van der Waals surface area contributed by atoms with Crippen molar-refractivity contribution in [3.05, 3.63) is 35.4 Å². The van der Waals surface area contributed by atoms with E-state index in [4.69, 9.17) is 0 Å². The minimum atomic E-state index is -2.62. The molecule has 0 aromatic heterocycles. The molecule has 1 aliphatic rings. The predicted octanol–water partition coefficient (Wildman–Crippen LogP) is 3.04. The van der Waals surface area contributed by atoms with E-state index in [2.05, 4.69) is 5.32 Å². The second-order valence-corrected chi connectivity index (χ2v) is 5.13. The van der Waals surface area contributed by atoms with E-state index in [-0.39, 0.29) is 6.42 Å². The number of hydrogen-bond acceptors (Lipinski definition) is 1. The van der Waals surface area contributed by atoms with Crippen molar-refractivity contribution in [1.82, 2.24) is 5.32 Å². The molecule has 1 aromatic rings. The number of alkyl halides is 2. The third-order valence-electron chi connectivity index (χ3n) is 3.19. The van der Waals surface area contributed by atoms with Gasteiger partial charge in [-0.3, -0.25) is 0 Å². The molecular formula is C14H19F2N. The molecule has 1 nitrogen and oxygen atoms in total. The van der Waals surface area contributed by atoms with Gasteiger partial charge in [0.05, 0.1) is 0 Å². The van der Waals surface area contributed by atoms with Crippen molar-refractivity contribution in [2.45, 2.75) is 32.1 Å². The first-order valence-corrected chi connectivity index (χ1v) is 6.19. The van der Waals surface area contributed by atoms with Gasteiger partial charge in [-0.25, -0.2) is 8.78 Å². The van der Waals surface area contributed by atoms with Crippen LogP contribution in [0.1, 0.15) is 24.5 Å². The average molecular weight is 239 g/mol. The Morgan fingerprint density at radius 3 is 2.76 bits per heavy atom. The predicted molar refractivity (Wildman–Crippen MR) is 65.4 cm³/mol. The van der Waals surface area contributed by atoms with Gasteiger partial charge in [0, 0.05) is 6.42 Å². The summed E-state index contributed by atoms with van der Waals surface area (Å²) in [5.41, 5.74) is 1.92. The van der Waals surface area contributed by atoms with Gasteiger partial charge in [-0.05, 0) is 49.9 Å². The number of nitrogens with one attached hydrogen (secondary N) is 1. The van der Waals surface area contributed by atoms with Gasteiger partial charge in [-0.1, -0.05) is 24.3 Å². The van der Waals surface area contributed by atoms with Gasteiger partial charge in [0.15, 0.2) is 0 Å². The first-order valence-electron chi connectivity index (χ1n) is 6.19. The molecule has 3 heteroatoms. The molecule has 94 valence electrons. The smallest absolute Gasteiger partial charge is 0.249 e. The van der Waals surface area contributed by atoms with Crippen molar-refractivity contribution in [3.8, 4) is 0 Å². The lowest BCUT2D eigenvalue weighted by atomic mass is 9.96. The Labute approximate surface area is 101 Å². The maximum Gasteiger partial charge on any atom is 0.249 e. The Morgan fingerprint density at radius 1 is 1.35 bits per heavy atom. The summed E-state index contributed by atoms with van der Waals surface area (Å²) in [6.07, 6.45) is 2.02. The van der Waals surface area contributed by atoms with Gasteiger partial charge in [0.1, 0.15) is 0 Å². The van der Waals surface area contributed by atoms with Crippen molar-refractivity contribution in [2.75, 3.05) is 13.1 Å². The van der Waals surface area contributed by atoms with Crippen molar-refractivity contribution >= 4 is 0 Å². The molecule has 0 spiro atoms. The lowest BCUT2D eigenvalue weighted by Crippen LogP contribution is -2.14. The molecule has 1 heterocycles. The fourth-order valence-electron chi connectivity index (χ4n) is 2.45. The van der Waals surface area contributed by atoms with Gasteiger partial charge in [-0.2, -0.15) is 0 Å². The van der Waals surface area contributed by atoms with Crippen LogP contribution in [0.5, 0.6) is 0 Å². The number of halogens is 2. The molecule has 1 aliphatic heterocycles. The largest absolute Gasteiger partial charge is 0.316 e. The first-order chi connectivity index (χ1) is 8.03. The second-order valence-electron chi connectivity index (χ2n) is 5.13. The molecule has 1 saturated heterocycles. The van der Waals surface area contributed by atoms with E-state index in [0.717, 1.165) is 32.0 Å². The zero-order valence-corrected chi connectivity index (χ0v) is 10.2. The molecule has 17 heavy (non-hydrogen) atoms. The molecule has 0 aliphatic carbocycles. The minimum absolute atomic E-state index is 0.163. The standard InChI is InChI=1S/C14H19F2N/c1-14(15,16)9-12-4-2-3-11(7-12)8-13-5-6-17-10-13/h2-4,7,13,17H,5-6,8-10H2,1H3. The molecular weight excluding hydrogens is 220 g/mol. The van der Waals surface area contributed by atoms with Gasteiger partial charge >= 0.3 is 0 Å². The van der Waals surface area contributed by atoms with E-state index < -0.39 is 5.92 Å². The minimum Gasteiger partial charge on any atom is -0.316 e. The van der Waals surface area contributed by atoms with E-state index in [9.17, 15) is 8.78 Å². The summed E-state index contributed by atoms with van der Waals surface area (Å²) in [4.78, 5) is 0. The van der Waals surface area contributed by atoms with Crippen molar-refractivity contribution in [1.29, 1.82) is 0 Å². The van der Waals surface area contributed by atoms with Crippen LogP contribution in [0.3, 0.4) is 0 Å². The second kappa shape index (κ2) is 5.13. The van der Waals surface area contributed by atoms with Crippen molar-refractivity contribution < 1.29 is 8.78 Å². The molecule has 1 fully saturated rings. The monoisotopic (exact) mass is 239 g/mol. The molecule has 1 atom stereocenters. The van der Waals surface area contributed by atoms with E-state index in [0.29, 0.717) is 5.92 Å². The fourth-order valence-corrected chi connectivity index (χ4v) is 2.45. The lowest BCUT2D eigenvalue weighted by Gasteiger charge is -2.12. The summed E-state index contributed by atoms with van der Waals surface area (Å²) in [7, 11) is 0. The molecule has 1 aromatic carbocycles. The van der Waals surface area contributed by atoms with E-state index in [1.807, 2.05) is 18.2 Å². The third kappa shape index (κ3) is 4.08. The Hall–Kier alpha value is -0.960. The van der Waals surface area contributed by atoms with Crippen LogP contribution in [-0.2, 0) is 12.8 Å². The van der Waals surface area contributed by atoms with Crippen LogP contribution < -0.4 is 5.32 Å². The Morgan fingerprint density at radius 2 is 2.12 bits per heavy atom. The Balaban J connectivity index is 2.00. The summed E-state index contributed by atoms with van der Waals surface area (Å²) >= 11 is 0. The summed E-state index contributed by atoms with van der Waals surface area (Å²) < 4.78 is 25.9. The van der Waals surface area contributed by atoms with Crippen LogP contribution in [0.2, 0.25) is 0 Å². The van der Waals surface area contributed by atoms with E-state index >= 15 is 0 Å². The van der Waals surface area contributed by atoms with Crippen LogP contribution in [-0.4, -0.2) is 19.0 Å². The SMILES string of the molecule is CC(F)(F)Cc1cccc(CC2CCNC2)c1. The van der Waals surface area contributed by atoms with Crippen LogP contribution in [0, 0.1) is 5.92 Å². The zero-order valence-electron chi connectivity index (χ0n) is 10.2. The van der Waals surface area contributed by atoms with Crippen molar-refractivity contribution in [2.24, 2.45) is 5.92 Å². The lowest BCUT2D eigenvalue weighted by molar-refractivity contribution is 0.0226. The molecule has 2 rings (SSSR count). The van der Waals surface area contributed by atoms with Crippen LogP contribution in [0.15, 0.2) is 24.3 Å². The molecule has 0 radical (unpaired) electrons. The molecule has 1 N–H and O–H groups in total. The summed E-state index contributed by atoms with van der Waals surface area (Å²) in [5.74, 6) is -1.96. The Bertz CT molecular complexity index is 365. The summed E-state index contributed by atoms with van der Waals surface area (Å²) in [6.45, 7) is 3.10. The van der Waals surface area contributed by atoms with Crippen LogP contribution >= 0.6 is 0 Å². The summed E-state index contributed by atoms with van der Waals surface area (Å²) in [6, 6.07) is 7.64. The van der Waals surface area contributed by atoms with Gasteiger partial charge in [-0.15, -0.1) is 0 Å². The molecule has 0 saturated carbocycles. The van der Waals surface area contributed by atoms with E-state index in [1.165, 1.54) is 12.0 Å². The van der Waals surface area contributed by atoms with Gasteiger partial charge in [0.2, 0.25) is 5.92 Å². The topological polar surface area (TPSA) is 12.0 Å². The maximum absolute atomic E-state index is 12.9. The van der Waals surface area contributed by atoms with E-state index in [1.54, 1.807) is 6.07 Å².